The van der Waals surface area contributed by atoms with Crippen LogP contribution in [-0.4, -0.2) is 75.0 Å². The van der Waals surface area contributed by atoms with E-state index in [0.717, 1.165) is 36.5 Å². The number of urea groups is 1. The average molecular weight is 600 g/mol. The van der Waals surface area contributed by atoms with Gasteiger partial charge in [-0.3, -0.25) is 4.90 Å². The van der Waals surface area contributed by atoms with Crippen LogP contribution >= 0.6 is 11.3 Å². The lowest BCUT2D eigenvalue weighted by Crippen LogP contribution is -2.44. The fraction of sp³-hybridized carbons (Fsp3) is 0.294. The Balaban J connectivity index is 1.38. The number of ether oxygens (including phenoxy) is 3. The summed E-state index contributed by atoms with van der Waals surface area (Å²) in [6, 6.07) is 32.2. The average Bonchev–Trinajstić information content (AvgIpc) is 3.45. The molecule has 5 rings (SSSR count). The first kappa shape index (κ1) is 30.3. The zero-order valence-corrected chi connectivity index (χ0v) is 25.1. The van der Waals surface area contributed by atoms with Crippen molar-refractivity contribution in [2.45, 2.75) is 12.3 Å². The molecule has 0 unspecified atom stereocenters. The number of hydrogen-bond donors (Lipinski definition) is 1. The number of morpholine rings is 1. The van der Waals surface area contributed by atoms with Gasteiger partial charge in [-0.05, 0) is 29.2 Å². The quantitative estimate of drug-likeness (QED) is 0.188. The summed E-state index contributed by atoms with van der Waals surface area (Å²) in [7, 11) is 1.26. The Morgan fingerprint density at radius 3 is 2.12 bits per heavy atom. The van der Waals surface area contributed by atoms with Crippen LogP contribution in [0.2, 0.25) is 0 Å². The van der Waals surface area contributed by atoms with Crippen LogP contribution in [0.25, 0.3) is 10.4 Å². The zero-order valence-electron chi connectivity index (χ0n) is 24.3. The van der Waals surface area contributed by atoms with Gasteiger partial charge in [-0.25, -0.2) is 9.59 Å². The Kier molecular flexibility index (Phi) is 10.8. The number of amides is 2. The molecule has 0 atom stereocenters. The molecule has 2 heterocycles. The number of nitrogens with one attached hydrogen (secondary N) is 1. The van der Waals surface area contributed by atoms with Crippen LogP contribution < -0.4 is 10.1 Å². The summed E-state index contributed by atoms with van der Waals surface area (Å²) in [5.74, 6) is 0.130. The molecule has 3 aromatic carbocycles. The highest BCUT2D eigenvalue weighted by Crippen LogP contribution is 2.41. The van der Waals surface area contributed by atoms with Gasteiger partial charge in [-0.15, -0.1) is 0 Å². The van der Waals surface area contributed by atoms with Gasteiger partial charge in [0.2, 0.25) is 5.06 Å². The molecule has 0 saturated carbocycles. The number of nitrogens with zero attached hydrogens (tertiary/aromatic N) is 2. The first-order chi connectivity index (χ1) is 21.1. The molecule has 1 aliphatic rings. The molecule has 43 heavy (non-hydrogen) atoms. The molecule has 0 spiro atoms. The Morgan fingerprint density at radius 1 is 0.907 bits per heavy atom. The summed E-state index contributed by atoms with van der Waals surface area (Å²) >= 11 is 1.28. The van der Waals surface area contributed by atoms with Gasteiger partial charge >= 0.3 is 12.2 Å². The molecule has 9 heteroatoms. The molecule has 224 valence electrons. The SMILES string of the molecule is COC(=O)Oc1sc(-c2ccccc2)cc1NC(=O)N(CCC(c1ccccc1)c1ccccc1)CCN1CCOCC1. The van der Waals surface area contributed by atoms with Crippen molar-refractivity contribution in [1.29, 1.82) is 0 Å². The predicted molar refractivity (Wildman–Crippen MR) is 170 cm³/mol. The maximum atomic E-state index is 13.9. The molecule has 1 N–H and O–H groups in total. The fourth-order valence-electron chi connectivity index (χ4n) is 5.18. The van der Waals surface area contributed by atoms with E-state index in [1.165, 1.54) is 29.6 Å². The van der Waals surface area contributed by atoms with E-state index < -0.39 is 6.16 Å². The number of hydrogen-bond acceptors (Lipinski definition) is 7. The van der Waals surface area contributed by atoms with Crippen molar-refractivity contribution >= 4 is 29.2 Å². The molecule has 0 radical (unpaired) electrons. The minimum Gasteiger partial charge on any atom is -0.437 e. The Hall–Kier alpha value is -4.18. The lowest BCUT2D eigenvalue weighted by atomic mass is 9.88. The van der Waals surface area contributed by atoms with E-state index in [9.17, 15) is 9.59 Å². The normalized spacial score (nSPS) is 13.4. The summed E-state index contributed by atoms with van der Waals surface area (Å²) in [4.78, 5) is 31.0. The highest BCUT2D eigenvalue weighted by Gasteiger charge is 2.23. The molecule has 1 aromatic heterocycles. The van der Waals surface area contributed by atoms with E-state index in [1.54, 1.807) is 0 Å². The van der Waals surface area contributed by atoms with E-state index in [-0.39, 0.29) is 17.0 Å². The summed E-state index contributed by atoms with van der Waals surface area (Å²) in [5.41, 5.74) is 3.81. The van der Waals surface area contributed by atoms with Crippen molar-refractivity contribution in [2.24, 2.45) is 0 Å². The maximum absolute atomic E-state index is 13.9. The molecule has 1 saturated heterocycles. The molecular weight excluding hydrogens is 562 g/mol. The highest BCUT2D eigenvalue weighted by atomic mass is 32.1. The lowest BCUT2D eigenvalue weighted by Gasteiger charge is -2.31. The van der Waals surface area contributed by atoms with Gasteiger partial charge in [0.25, 0.3) is 0 Å². The summed E-state index contributed by atoms with van der Waals surface area (Å²) in [6.07, 6.45) is -0.0932. The van der Waals surface area contributed by atoms with Crippen molar-refractivity contribution in [3.63, 3.8) is 0 Å². The van der Waals surface area contributed by atoms with Gasteiger partial charge in [0.1, 0.15) is 0 Å². The largest absolute Gasteiger partial charge is 0.514 e. The van der Waals surface area contributed by atoms with E-state index in [2.05, 4.69) is 58.7 Å². The van der Waals surface area contributed by atoms with Crippen molar-refractivity contribution in [1.82, 2.24) is 9.80 Å². The minimum absolute atomic E-state index is 0.130. The van der Waals surface area contributed by atoms with E-state index in [0.29, 0.717) is 32.0 Å². The minimum atomic E-state index is -0.838. The van der Waals surface area contributed by atoms with Gasteiger partial charge in [0, 0.05) is 43.5 Å². The fourth-order valence-corrected chi connectivity index (χ4v) is 6.14. The van der Waals surface area contributed by atoms with Crippen LogP contribution in [-0.2, 0) is 9.47 Å². The van der Waals surface area contributed by atoms with Gasteiger partial charge in [-0.1, -0.05) is 102 Å². The van der Waals surface area contributed by atoms with Crippen molar-refractivity contribution in [3.8, 4) is 15.5 Å². The van der Waals surface area contributed by atoms with Crippen LogP contribution in [0.3, 0.4) is 0 Å². The Bertz CT molecular complexity index is 1400. The van der Waals surface area contributed by atoms with Crippen LogP contribution in [0.5, 0.6) is 5.06 Å². The number of methoxy groups -OCH3 is 1. The molecule has 8 nitrogen and oxygen atoms in total. The van der Waals surface area contributed by atoms with Crippen LogP contribution in [0.1, 0.15) is 23.5 Å². The summed E-state index contributed by atoms with van der Waals surface area (Å²) in [6.45, 7) is 4.90. The molecule has 1 fully saturated rings. The summed E-state index contributed by atoms with van der Waals surface area (Å²) < 4.78 is 15.7. The second kappa shape index (κ2) is 15.3. The topological polar surface area (TPSA) is 80.3 Å². The summed E-state index contributed by atoms with van der Waals surface area (Å²) in [5, 5.41) is 3.32. The maximum Gasteiger partial charge on any atom is 0.514 e. The number of rotatable bonds is 11. The first-order valence-corrected chi connectivity index (χ1v) is 15.3. The second-order valence-electron chi connectivity index (χ2n) is 10.3. The highest BCUT2D eigenvalue weighted by molar-refractivity contribution is 7.18. The zero-order chi connectivity index (χ0) is 29.9. The van der Waals surface area contributed by atoms with Gasteiger partial charge in [0.15, 0.2) is 0 Å². The first-order valence-electron chi connectivity index (χ1n) is 14.5. The predicted octanol–water partition coefficient (Wildman–Crippen LogP) is 6.95. The molecule has 1 aliphatic heterocycles. The molecule has 2 amide bonds. The van der Waals surface area contributed by atoms with Crippen molar-refractivity contribution in [2.75, 3.05) is 58.4 Å². The number of carbonyl (C=O) groups excluding carboxylic acids is 2. The molecule has 0 bridgehead atoms. The van der Waals surface area contributed by atoms with E-state index in [4.69, 9.17) is 14.2 Å². The van der Waals surface area contributed by atoms with Gasteiger partial charge in [0.05, 0.1) is 26.0 Å². The van der Waals surface area contributed by atoms with Crippen LogP contribution in [0.4, 0.5) is 15.3 Å². The monoisotopic (exact) mass is 599 g/mol. The Morgan fingerprint density at radius 2 is 1.51 bits per heavy atom. The molecule has 0 aliphatic carbocycles. The standard InChI is InChI=1S/C34H37N3O5S/c1-40-34(39)42-32-30(25-31(43-32)28-15-9-4-10-16-28)35-33(38)37(20-19-36-21-23-41-24-22-36)18-17-29(26-11-5-2-6-12-26)27-13-7-3-8-14-27/h2-16,25,29H,17-24H2,1H3,(H,35,38). The van der Waals surface area contributed by atoms with Crippen LogP contribution in [0, 0.1) is 0 Å². The third-order valence-corrected chi connectivity index (χ3v) is 8.57. The third-order valence-electron chi connectivity index (χ3n) is 7.51. The smallest absolute Gasteiger partial charge is 0.437 e. The van der Waals surface area contributed by atoms with E-state index in [1.807, 2.05) is 53.4 Å². The van der Waals surface area contributed by atoms with Crippen molar-refractivity contribution in [3.05, 3.63) is 108 Å². The number of benzene rings is 3. The lowest BCUT2D eigenvalue weighted by molar-refractivity contribution is 0.0351. The number of anilines is 1. The van der Waals surface area contributed by atoms with Crippen LogP contribution in [0.15, 0.2) is 97.1 Å². The number of thiophene rings is 1. The Labute approximate surface area is 256 Å². The number of carbonyl (C=O) groups is 2. The van der Waals surface area contributed by atoms with E-state index >= 15 is 0 Å². The van der Waals surface area contributed by atoms with Gasteiger partial charge < -0.3 is 24.4 Å². The second-order valence-corrected chi connectivity index (χ2v) is 11.3. The molecular formula is C34H37N3O5S. The molecule has 4 aromatic rings. The van der Waals surface area contributed by atoms with Gasteiger partial charge in [-0.2, -0.15) is 0 Å². The third kappa shape index (κ3) is 8.44. The van der Waals surface area contributed by atoms with Crippen molar-refractivity contribution < 1.29 is 23.8 Å².